The average molecular weight is 498 g/mol. The molecule has 3 aliphatic heterocycles. The highest BCUT2D eigenvalue weighted by atomic mass is 32.2. The predicted molar refractivity (Wildman–Crippen MR) is 134 cm³/mol. The standard InChI is InChI=1S/C26H35N5O3S/c1-3-17(4-2)22-12-23(30-26(29-22)18-5-8-27-9-6-18)21-14-31-10-7-19(21)11-20(31)13-28-24(32)15-35-16-25(33)34/h5-6,8-9,12,17,19-21H,3-4,7,10-11,13-16H2,1-2H3,(H,28,32)(H,33,34)/t19-,20+,21-/m0/s1. The lowest BCUT2D eigenvalue weighted by atomic mass is 9.74. The molecule has 0 spiro atoms. The van der Waals surface area contributed by atoms with Gasteiger partial charge in [-0.25, -0.2) is 9.97 Å². The summed E-state index contributed by atoms with van der Waals surface area (Å²) in [4.78, 5) is 38.4. The van der Waals surface area contributed by atoms with E-state index >= 15 is 0 Å². The van der Waals surface area contributed by atoms with Gasteiger partial charge in [0, 0.05) is 48.2 Å². The highest BCUT2D eigenvalue weighted by molar-refractivity contribution is 8.00. The molecule has 35 heavy (non-hydrogen) atoms. The van der Waals surface area contributed by atoms with Crippen molar-refractivity contribution in [2.45, 2.75) is 57.4 Å². The molecule has 0 saturated carbocycles. The second-order valence-corrected chi connectivity index (χ2v) is 10.6. The van der Waals surface area contributed by atoms with Crippen LogP contribution in [0.2, 0.25) is 0 Å². The molecule has 2 aromatic heterocycles. The number of thioether (sulfide) groups is 1. The molecule has 2 aromatic rings. The third-order valence-corrected chi connectivity index (χ3v) is 8.44. The van der Waals surface area contributed by atoms with Crippen molar-refractivity contribution in [2.24, 2.45) is 5.92 Å². The number of amides is 1. The number of carboxylic acid groups (broad SMARTS) is 1. The van der Waals surface area contributed by atoms with E-state index in [2.05, 4.69) is 30.2 Å². The minimum atomic E-state index is -1.14. The van der Waals surface area contributed by atoms with Crippen molar-refractivity contribution in [1.29, 1.82) is 0 Å². The molecular weight excluding hydrogens is 462 g/mol. The molecule has 4 atom stereocenters. The molecule has 5 rings (SSSR count). The van der Waals surface area contributed by atoms with Crippen molar-refractivity contribution < 1.29 is 19.6 Å². The summed E-state index contributed by atoms with van der Waals surface area (Å²) in [5.41, 5.74) is 3.29. The third-order valence-electron chi connectivity index (χ3n) is 7.54. The second kappa shape index (κ2) is 11.9. The molecular formula is C26H35N5O3S. The number of rotatable bonds is 11. The Bertz CT molecular complexity index is 1020. The Morgan fingerprint density at radius 2 is 1.97 bits per heavy atom. The quantitative estimate of drug-likeness (QED) is 0.472. The number of piperidine rings is 3. The van der Waals surface area contributed by atoms with Gasteiger partial charge in [0.1, 0.15) is 6.04 Å². The van der Waals surface area contributed by atoms with Gasteiger partial charge in [-0.1, -0.05) is 13.8 Å². The number of quaternary nitrogens is 1. The summed E-state index contributed by atoms with van der Waals surface area (Å²) in [6.45, 7) is 7.20. The maximum Gasteiger partial charge on any atom is 0.230 e. The number of hydrogen-bond donors (Lipinski definition) is 2. The monoisotopic (exact) mass is 497 g/mol. The van der Waals surface area contributed by atoms with Crippen LogP contribution in [0.25, 0.3) is 11.4 Å². The van der Waals surface area contributed by atoms with Crippen LogP contribution in [0.5, 0.6) is 0 Å². The van der Waals surface area contributed by atoms with Crippen LogP contribution in [0.15, 0.2) is 30.6 Å². The molecule has 1 unspecified atom stereocenters. The lowest BCUT2D eigenvalue weighted by Gasteiger charge is -2.46. The molecule has 3 saturated heterocycles. The first-order chi connectivity index (χ1) is 17.0. The first kappa shape index (κ1) is 25.6. The first-order valence-corrected chi connectivity index (χ1v) is 13.8. The van der Waals surface area contributed by atoms with E-state index in [4.69, 9.17) is 9.97 Å². The van der Waals surface area contributed by atoms with Gasteiger partial charge in [0.15, 0.2) is 5.82 Å². The van der Waals surface area contributed by atoms with Gasteiger partial charge in [0.25, 0.3) is 0 Å². The summed E-state index contributed by atoms with van der Waals surface area (Å²) >= 11 is 1.08. The lowest BCUT2D eigenvalue weighted by molar-refractivity contribution is -0.942. The molecule has 2 bridgehead atoms. The van der Waals surface area contributed by atoms with Crippen molar-refractivity contribution >= 4 is 23.6 Å². The fourth-order valence-corrected chi connectivity index (χ4v) is 6.18. The van der Waals surface area contributed by atoms with Gasteiger partial charge in [0.2, 0.25) is 5.91 Å². The van der Waals surface area contributed by atoms with Crippen LogP contribution < -0.4 is 15.3 Å². The Labute approximate surface area is 211 Å². The van der Waals surface area contributed by atoms with Gasteiger partial charge in [0.05, 0.1) is 43.0 Å². The van der Waals surface area contributed by atoms with Crippen LogP contribution >= 0.6 is 11.8 Å². The second-order valence-electron chi connectivity index (χ2n) is 9.66. The summed E-state index contributed by atoms with van der Waals surface area (Å²) < 4.78 is 0. The molecule has 9 heteroatoms. The van der Waals surface area contributed by atoms with E-state index in [-0.39, 0.29) is 17.4 Å². The topological polar surface area (TPSA) is 112 Å². The number of hydrogen-bond acceptors (Lipinski definition) is 7. The minimum Gasteiger partial charge on any atom is -0.549 e. The minimum absolute atomic E-state index is 0.109. The van der Waals surface area contributed by atoms with E-state index < -0.39 is 5.97 Å². The maximum atomic E-state index is 12.1. The highest BCUT2D eigenvalue weighted by Gasteiger charge is 2.45. The molecule has 0 radical (unpaired) electrons. The predicted octanol–water partition coefficient (Wildman–Crippen LogP) is 0.802. The summed E-state index contributed by atoms with van der Waals surface area (Å²) in [5.74, 6) is 0.884. The fraction of sp³-hybridized carbons (Fsp3) is 0.577. The van der Waals surface area contributed by atoms with Gasteiger partial charge >= 0.3 is 0 Å². The number of carbonyl (C=O) groups is 2. The van der Waals surface area contributed by atoms with Crippen molar-refractivity contribution in [1.82, 2.24) is 20.3 Å². The molecule has 188 valence electrons. The SMILES string of the molecule is CCC(CC)c1cc([C@H]2C[NH+]3CC[C@H]2C[C@@H]3CNC(=O)CSCC(=O)[O-])nc(-c2ccncc2)n1. The van der Waals surface area contributed by atoms with Crippen molar-refractivity contribution in [3.63, 3.8) is 0 Å². The number of carboxylic acids is 1. The number of nitrogens with zero attached hydrogens (tertiary/aromatic N) is 3. The Morgan fingerprint density at radius 3 is 2.63 bits per heavy atom. The van der Waals surface area contributed by atoms with Crippen LogP contribution in [0.3, 0.4) is 0 Å². The number of pyridine rings is 1. The summed E-state index contributed by atoms with van der Waals surface area (Å²) in [5, 5.41) is 13.5. The zero-order valence-corrected chi connectivity index (χ0v) is 21.4. The number of aliphatic carboxylic acids is 1. The Kier molecular flexibility index (Phi) is 8.73. The van der Waals surface area contributed by atoms with Gasteiger partial charge in [-0.2, -0.15) is 0 Å². The van der Waals surface area contributed by atoms with Crippen LogP contribution in [-0.2, 0) is 9.59 Å². The van der Waals surface area contributed by atoms with Crippen LogP contribution in [0, 0.1) is 5.92 Å². The zero-order valence-electron chi connectivity index (χ0n) is 20.5. The van der Waals surface area contributed by atoms with Crippen LogP contribution in [-0.4, -0.2) is 64.0 Å². The molecule has 3 aliphatic rings. The molecule has 3 fully saturated rings. The van der Waals surface area contributed by atoms with Crippen molar-refractivity contribution in [2.75, 3.05) is 31.1 Å². The van der Waals surface area contributed by atoms with Gasteiger partial charge in [-0.05, 0) is 37.0 Å². The van der Waals surface area contributed by atoms with E-state index in [1.807, 2.05) is 12.1 Å². The molecule has 1 amide bonds. The number of aromatic nitrogens is 3. The van der Waals surface area contributed by atoms with E-state index in [1.54, 1.807) is 12.4 Å². The molecule has 0 aliphatic carbocycles. The Morgan fingerprint density at radius 1 is 1.20 bits per heavy atom. The summed E-state index contributed by atoms with van der Waals surface area (Å²) in [6, 6.07) is 6.59. The van der Waals surface area contributed by atoms with E-state index in [0.29, 0.717) is 30.3 Å². The number of nitrogens with one attached hydrogen (secondary N) is 2. The summed E-state index contributed by atoms with van der Waals surface area (Å²) in [6.07, 6.45) is 7.91. The van der Waals surface area contributed by atoms with E-state index in [0.717, 1.165) is 66.9 Å². The molecule has 2 N–H and O–H groups in total. The lowest BCUT2D eigenvalue weighted by Crippen LogP contribution is -3.20. The van der Waals surface area contributed by atoms with Crippen molar-refractivity contribution in [3.8, 4) is 11.4 Å². The fourth-order valence-electron chi connectivity index (χ4n) is 5.62. The Hall–Kier alpha value is -2.52. The van der Waals surface area contributed by atoms with Crippen molar-refractivity contribution in [3.05, 3.63) is 42.0 Å². The molecule has 8 nitrogen and oxygen atoms in total. The number of fused-ring (bicyclic) bond motifs is 3. The Balaban J connectivity index is 1.47. The zero-order chi connectivity index (χ0) is 24.8. The number of carbonyl (C=O) groups excluding carboxylic acids is 2. The largest absolute Gasteiger partial charge is 0.549 e. The normalized spacial score (nSPS) is 23.4. The average Bonchev–Trinajstić information content (AvgIpc) is 2.88. The van der Waals surface area contributed by atoms with Gasteiger partial charge < -0.3 is 20.1 Å². The maximum absolute atomic E-state index is 12.1. The van der Waals surface area contributed by atoms with E-state index in [9.17, 15) is 14.7 Å². The van der Waals surface area contributed by atoms with Gasteiger partial charge in [-0.3, -0.25) is 9.78 Å². The van der Waals surface area contributed by atoms with E-state index in [1.165, 1.54) is 11.3 Å². The smallest absolute Gasteiger partial charge is 0.230 e. The summed E-state index contributed by atoms with van der Waals surface area (Å²) in [7, 11) is 0. The van der Waals surface area contributed by atoms with Crippen LogP contribution in [0.4, 0.5) is 0 Å². The highest BCUT2D eigenvalue weighted by Crippen LogP contribution is 2.36. The van der Waals surface area contributed by atoms with Crippen LogP contribution in [0.1, 0.15) is 62.8 Å². The molecule has 0 aromatic carbocycles. The molecule has 5 heterocycles. The van der Waals surface area contributed by atoms with Gasteiger partial charge in [-0.15, -0.1) is 11.8 Å². The first-order valence-electron chi connectivity index (χ1n) is 12.7. The third kappa shape index (κ3) is 6.38.